The Kier molecular flexibility index (Phi) is 3.05. The van der Waals surface area contributed by atoms with Crippen molar-refractivity contribution < 1.29 is 0 Å². The molecule has 0 aromatic carbocycles. The lowest BCUT2D eigenvalue weighted by atomic mass is 10.3. The van der Waals surface area contributed by atoms with E-state index in [1.807, 2.05) is 13.0 Å². The number of aryl methyl sites for hydroxylation is 2. The Hall–Kier alpha value is -1.62. The molecule has 2 heterocycles. The number of nitrogens with one attached hydrogen (secondary N) is 1. The van der Waals surface area contributed by atoms with Gasteiger partial charge in [-0.25, -0.2) is 15.0 Å². The zero-order valence-corrected chi connectivity index (χ0v) is 10.0. The van der Waals surface area contributed by atoms with Gasteiger partial charge in [0.1, 0.15) is 4.64 Å². The van der Waals surface area contributed by atoms with Crippen molar-refractivity contribution in [1.82, 2.24) is 19.9 Å². The van der Waals surface area contributed by atoms with Crippen molar-refractivity contribution in [2.75, 3.05) is 0 Å². The molecule has 0 spiro atoms. The molecule has 0 aliphatic heterocycles. The molecule has 0 atom stereocenters. The van der Waals surface area contributed by atoms with Crippen molar-refractivity contribution in [2.24, 2.45) is 0 Å². The third kappa shape index (κ3) is 2.30. The second-order valence-corrected chi connectivity index (χ2v) is 3.95. The number of aromatic nitrogens is 4. The van der Waals surface area contributed by atoms with Gasteiger partial charge in [0, 0.05) is 18.1 Å². The predicted molar refractivity (Wildman–Crippen MR) is 64.6 cm³/mol. The minimum absolute atomic E-state index is 0.565. The summed E-state index contributed by atoms with van der Waals surface area (Å²) in [5.74, 6) is 1.20. The smallest absolute Gasteiger partial charge is 0.195 e. The van der Waals surface area contributed by atoms with Gasteiger partial charge in [-0.05, 0) is 25.0 Å². The van der Waals surface area contributed by atoms with Crippen LogP contribution in [0, 0.1) is 11.6 Å². The Labute approximate surface area is 98.8 Å². The largest absolute Gasteiger partial charge is 0.341 e. The monoisotopic (exact) mass is 232 g/mol. The van der Waals surface area contributed by atoms with Crippen LogP contribution in [0.15, 0.2) is 18.5 Å². The first-order chi connectivity index (χ1) is 7.69. The topological polar surface area (TPSA) is 54.5 Å². The van der Waals surface area contributed by atoms with Crippen molar-refractivity contribution in [3.05, 3.63) is 34.4 Å². The van der Waals surface area contributed by atoms with Crippen LogP contribution in [0.2, 0.25) is 0 Å². The Morgan fingerprint density at radius 1 is 1.31 bits per heavy atom. The van der Waals surface area contributed by atoms with E-state index in [1.54, 1.807) is 12.4 Å². The van der Waals surface area contributed by atoms with Gasteiger partial charge in [-0.1, -0.05) is 19.1 Å². The maximum absolute atomic E-state index is 5.09. The van der Waals surface area contributed by atoms with Gasteiger partial charge in [0.05, 0.1) is 0 Å². The number of H-pyrrole nitrogens is 1. The van der Waals surface area contributed by atoms with Gasteiger partial charge < -0.3 is 4.98 Å². The van der Waals surface area contributed by atoms with Crippen molar-refractivity contribution in [2.45, 2.75) is 20.3 Å². The van der Waals surface area contributed by atoms with Crippen LogP contribution in [0.4, 0.5) is 0 Å². The molecule has 0 saturated carbocycles. The SMILES string of the molecule is CCc1cc(=S)nc(-c2ncc(C)cn2)[nH]1. The summed E-state index contributed by atoms with van der Waals surface area (Å²) < 4.78 is 0.565. The van der Waals surface area contributed by atoms with Crippen molar-refractivity contribution in [3.63, 3.8) is 0 Å². The number of hydrogen-bond donors (Lipinski definition) is 1. The summed E-state index contributed by atoms with van der Waals surface area (Å²) in [6, 6.07) is 1.85. The molecule has 2 aromatic rings. The highest BCUT2D eigenvalue weighted by molar-refractivity contribution is 7.71. The zero-order valence-electron chi connectivity index (χ0n) is 9.19. The number of hydrogen-bond acceptors (Lipinski definition) is 4. The second kappa shape index (κ2) is 4.49. The highest BCUT2D eigenvalue weighted by Gasteiger charge is 2.04. The van der Waals surface area contributed by atoms with Crippen LogP contribution in [0.3, 0.4) is 0 Å². The van der Waals surface area contributed by atoms with Gasteiger partial charge in [0.15, 0.2) is 11.6 Å². The lowest BCUT2D eigenvalue weighted by Gasteiger charge is -2.02. The average molecular weight is 232 g/mol. The molecule has 0 amide bonds. The normalized spacial score (nSPS) is 10.4. The Balaban J connectivity index is 2.51. The lowest BCUT2D eigenvalue weighted by molar-refractivity contribution is 0.975. The fraction of sp³-hybridized carbons (Fsp3) is 0.273. The maximum Gasteiger partial charge on any atom is 0.195 e. The molecule has 0 unspecified atom stereocenters. The highest BCUT2D eigenvalue weighted by Crippen LogP contribution is 2.09. The van der Waals surface area contributed by atoms with Crippen LogP contribution < -0.4 is 0 Å². The van der Waals surface area contributed by atoms with Crippen molar-refractivity contribution in [1.29, 1.82) is 0 Å². The number of nitrogens with zero attached hydrogens (tertiary/aromatic N) is 3. The molecule has 0 aliphatic carbocycles. The van der Waals surface area contributed by atoms with Crippen LogP contribution in [0.1, 0.15) is 18.2 Å². The van der Waals surface area contributed by atoms with E-state index in [-0.39, 0.29) is 0 Å². The Morgan fingerprint density at radius 2 is 2.00 bits per heavy atom. The molecule has 16 heavy (non-hydrogen) atoms. The second-order valence-electron chi connectivity index (χ2n) is 3.53. The first kappa shape index (κ1) is 10.9. The van der Waals surface area contributed by atoms with Gasteiger partial charge in [0.25, 0.3) is 0 Å². The summed E-state index contributed by atoms with van der Waals surface area (Å²) in [4.78, 5) is 15.8. The molecule has 2 rings (SSSR count). The first-order valence-corrected chi connectivity index (χ1v) is 5.49. The maximum atomic E-state index is 5.09. The molecule has 5 heteroatoms. The van der Waals surface area contributed by atoms with Crippen molar-refractivity contribution in [3.8, 4) is 11.6 Å². The molecule has 0 saturated heterocycles. The standard InChI is InChI=1S/C11H12N4S/c1-3-8-4-9(16)15-11(14-8)10-12-5-7(2)6-13-10/h4-6H,3H2,1-2H3,(H,14,15,16). The van der Waals surface area contributed by atoms with Crippen LogP contribution in [0.25, 0.3) is 11.6 Å². The van der Waals surface area contributed by atoms with Gasteiger partial charge in [-0.3, -0.25) is 0 Å². The van der Waals surface area contributed by atoms with E-state index in [1.165, 1.54) is 0 Å². The van der Waals surface area contributed by atoms with E-state index in [0.717, 1.165) is 17.7 Å². The van der Waals surface area contributed by atoms with E-state index in [0.29, 0.717) is 16.3 Å². The summed E-state index contributed by atoms with van der Waals surface area (Å²) in [7, 11) is 0. The Morgan fingerprint density at radius 3 is 2.62 bits per heavy atom. The minimum atomic E-state index is 0.565. The van der Waals surface area contributed by atoms with Crippen LogP contribution in [-0.4, -0.2) is 19.9 Å². The fourth-order valence-corrected chi connectivity index (χ4v) is 1.55. The summed E-state index contributed by atoms with van der Waals surface area (Å²) in [5.41, 5.74) is 2.06. The summed E-state index contributed by atoms with van der Waals surface area (Å²) in [5, 5.41) is 0. The number of rotatable bonds is 2. The predicted octanol–water partition coefficient (Wildman–Crippen LogP) is 2.47. The van der Waals surface area contributed by atoms with Crippen molar-refractivity contribution >= 4 is 12.2 Å². The minimum Gasteiger partial charge on any atom is -0.341 e. The lowest BCUT2D eigenvalue weighted by Crippen LogP contribution is -1.98. The summed E-state index contributed by atoms with van der Waals surface area (Å²) >= 11 is 5.09. The molecular formula is C11H12N4S. The van der Waals surface area contributed by atoms with Crippen LogP contribution in [-0.2, 0) is 6.42 Å². The molecule has 82 valence electrons. The number of aromatic amines is 1. The third-order valence-corrected chi connectivity index (χ3v) is 2.38. The quantitative estimate of drug-likeness (QED) is 0.808. The zero-order chi connectivity index (χ0) is 11.5. The third-order valence-electron chi connectivity index (χ3n) is 2.17. The van der Waals surface area contributed by atoms with Gasteiger partial charge in [-0.15, -0.1) is 0 Å². The van der Waals surface area contributed by atoms with Gasteiger partial charge in [-0.2, -0.15) is 0 Å². The van der Waals surface area contributed by atoms with E-state index < -0.39 is 0 Å². The van der Waals surface area contributed by atoms with Gasteiger partial charge >= 0.3 is 0 Å². The average Bonchev–Trinajstić information content (AvgIpc) is 2.29. The molecule has 4 nitrogen and oxygen atoms in total. The van der Waals surface area contributed by atoms with Crippen LogP contribution in [0.5, 0.6) is 0 Å². The molecule has 0 bridgehead atoms. The van der Waals surface area contributed by atoms with E-state index in [9.17, 15) is 0 Å². The van der Waals surface area contributed by atoms with E-state index in [2.05, 4.69) is 26.9 Å². The summed E-state index contributed by atoms with van der Waals surface area (Å²) in [6.07, 6.45) is 4.41. The fourth-order valence-electron chi connectivity index (χ4n) is 1.32. The molecule has 0 fully saturated rings. The first-order valence-electron chi connectivity index (χ1n) is 5.08. The van der Waals surface area contributed by atoms with E-state index >= 15 is 0 Å². The molecule has 2 aromatic heterocycles. The van der Waals surface area contributed by atoms with Gasteiger partial charge in [0.2, 0.25) is 0 Å². The Bertz CT molecular complexity index is 545. The summed E-state index contributed by atoms with van der Waals surface area (Å²) in [6.45, 7) is 4.00. The molecular weight excluding hydrogens is 220 g/mol. The molecule has 0 aliphatic rings. The van der Waals surface area contributed by atoms with E-state index in [4.69, 9.17) is 12.2 Å². The molecule has 1 N–H and O–H groups in total. The highest BCUT2D eigenvalue weighted by atomic mass is 32.1. The molecule has 0 radical (unpaired) electrons. The van der Waals surface area contributed by atoms with Crippen LogP contribution >= 0.6 is 12.2 Å².